The van der Waals surface area contributed by atoms with E-state index in [1.54, 1.807) is 6.08 Å². The van der Waals surface area contributed by atoms with Crippen LogP contribution in [0.3, 0.4) is 0 Å². The van der Waals surface area contributed by atoms with Gasteiger partial charge >= 0.3 is 0 Å². The van der Waals surface area contributed by atoms with E-state index < -0.39 is 0 Å². The number of halogens is 2. The zero-order valence-electron chi connectivity index (χ0n) is 16.7. The van der Waals surface area contributed by atoms with Gasteiger partial charge in [0.05, 0.1) is 5.69 Å². The van der Waals surface area contributed by atoms with Crippen LogP contribution in [0.15, 0.2) is 87.8 Å². The van der Waals surface area contributed by atoms with Crippen molar-refractivity contribution in [2.45, 2.75) is 26.2 Å². The predicted molar refractivity (Wildman–Crippen MR) is 129 cm³/mol. The van der Waals surface area contributed by atoms with Gasteiger partial charge in [-0.3, -0.25) is 4.79 Å². The molecule has 0 bridgehead atoms. The Hall–Kier alpha value is -2.17. The third kappa shape index (κ3) is 5.68. The quantitative estimate of drug-likeness (QED) is 0.278. The van der Waals surface area contributed by atoms with Crippen LogP contribution in [-0.2, 0) is 5.41 Å². The van der Waals surface area contributed by atoms with Gasteiger partial charge in [-0.05, 0) is 50.7 Å². The lowest BCUT2D eigenvalue weighted by molar-refractivity contribution is 0.104. The maximum Gasteiger partial charge on any atom is 0.187 e. The molecule has 3 aromatic rings. The summed E-state index contributed by atoms with van der Waals surface area (Å²) in [5, 5.41) is 3.40. The van der Waals surface area contributed by atoms with Crippen molar-refractivity contribution in [1.82, 2.24) is 0 Å². The van der Waals surface area contributed by atoms with Gasteiger partial charge in [-0.1, -0.05) is 91.3 Å². The number of benzene rings is 3. The van der Waals surface area contributed by atoms with Crippen LogP contribution >= 0.6 is 31.9 Å². The molecule has 0 heterocycles. The van der Waals surface area contributed by atoms with Gasteiger partial charge in [0.25, 0.3) is 0 Å². The summed E-state index contributed by atoms with van der Waals surface area (Å²) in [5.74, 6) is -0.0370. The molecule has 3 aromatic carbocycles. The zero-order chi connectivity index (χ0) is 21.0. The summed E-state index contributed by atoms with van der Waals surface area (Å²) < 4.78 is 1.89. The topological polar surface area (TPSA) is 29.1 Å². The third-order valence-corrected chi connectivity index (χ3v) is 5.75. The first-order valence-electron chi connectivity index (χ1n) is 9.38. The van der Waals surface area contributed by atoms with Gasteiger partial charge in [0, 0.05) is 26.3 Å². The Morgan fingerprint density at radius 1 is 0.862 bits per heavy atom. The second kappa shape index (κ2) is 9.10. The molecule has 0 aliphatic carbocycles. The van der Waals surface area contributed by atoms with E-state index in [2.05, 4.69) is 57.9 Å². The van der Waals surface area contributed by atoms with E-state index in [4.69, 9.17) is 0 Å². The molecule has 3 rings (SSSR count). The molecule has 0 amide bonds. The summed E-state index contributed by atoms with van der Waals surface area (Å²) >= 11 is 7.05. The number of carbonyl (C=O) groups excluding carboxylic acids is 1. The summed E-state index contributed by atoms with van der Waals surface area (Å²) in [7, 11) is 0. The number of anilines is 1. The molecule has 0 saturated carbocycles. The van der Waals surface area contributed by atoms with E-state index in [1.165, 1.54) is 5.56 Å². The fourth-order valence-electron chi connectivity index (χ4n) is 2.89. The summed E-state index contributed by atoms with van der Waals surface area (Å²) in [6, 6.07) is 23.6. The predicted octanol–water partition coefficient (Wildman–Crippen LogP) is 7.85. The second-order valence-electron chi connectivity index (χ2n) is 7.86. The molecule has 0 spiro atoms. The highest BCUT2D eigenvalue weighted by Crippen LogP contribution is 2.29. The highest BCUT2D eigenvalue weighted by Gasteiger charge is 2.14. The number of nitrogens with one attached hydrogen (secondary N) is 1. The normalized spacial score (nSPS) is 12.0. The summed E-state index contributed by atoms with van der Waals surface area (Å²) in [4.78, 5) is 13.0. The van der Waals surface area contributed by atoms with Crippen LogP contribution in [0.2, 0.25) is 0 Å². The van der Waals surface area contributed by atoms with E-state index in [-0.39, 0.29) is 11.2 Å². The Morgan fingerprint density at radius 2 is 1.52 bits per heavy atom. The average molecular weight is 513 g/mol. The number of carbonyl (C=O) groups is 1. The maximum absolute atomic E-state index is 13.0. The minimum atomic E-state index is -0.0370. The molecule has 148 valence electrons. The van der Waals surface area contributed by atoms with Crippen LogP contribution in [0.4, 0.5) is 5.69 Å². The van der Waals surface area contributed by atoms with Gasteiger partial charge in [-0.15, -0.1) is 0 Å². The van der Waals surface area contributed by atoms with E-state index in [1.807, 2.05) is 72.8 Å². The third-order valence-electron chi connectivity index (χ3n) is 4.60. The SMILES string of the molecule is CC(C)(C)c1ccc(C(=O)/C=C(\Nc2ccc(Br)cc2Br)c2ccccc2)cc1. The van der Waals surface area contributed by atoms with Gasteiger partial charge in [-0.25, -0.2) is 0 Å². The van der Waals surface area contributed by atoms with Gasteiger partial charge in [0.15, 0.2) is 5.78 Å². The van der Waals surface area contributed by atoms with Crippen LogP contribution in [0.25, 0.3) is 5.70 Å². The summed E-state index contributed by atoms with van der Waals surface area (Å²) in [5.41, 5.74) is 4.52. The van der Waals surface area contributed by atoms with E-state index in [0.717, 1.165) is 25.9 Å². The Morgan fingerprint density at radius 3 is 2.10 bits per heavy atom. The second-order valence-corrected chi connectivity index (χ2v) is 9.63. The lowest BCUT2D eigenvalue weighted by atomic mass is 9.86. The van der Waals surface area contributed by atoms with Crippen LogP contribution in [0.5, 0.6) is 0 Å². The van der Waals surface area contributed by atoms with Crippen LogP contribution in [-0.4, -0.2) is 5.78 Å². The van der Waals surface area contributed by atoms with E-state index in [9.17, 15) is 4.79 Å². The number of allylic oxidation sites excluding steroid dienone is 1. The lowest BCUT2D eigenvalue weighted by Crippen LogP contribution is -2.11. The molecule has 0 unspecified atom stereocenters. The molecule has 0 fully saturated rings. The van der Waals surface area contributed by atoms with Gasteiger partial charge < -0.3 is 5.32 Å². The molecule has 0 radical (unpaired) electrons. The smallest absolute Gasteiger partial charge is 0.187 e. The molecule has 1 N–H and O–H groups in total. The Kier molecular flexibility index (Phi) is 6.76. The van der Waals surface area contributed by atoms with E-state index in [0.29, 0.717) is 5.56 Å². The largest absolute Gasteiger partial charge is 0.354 e. The standard InChI is InChI=1S/C25H23Br2NO/c1-25(2,3)19-11-9-18(10-12-19)24(29)16-23(17-7-5-4-6-8-17)28-22-14-13-20(26)15-21(22)27/h4-16,28H,1-3H3/b23-16-. The van der Waals surface area contributed by atoms with Crippen molar-refractivity contribution in [3.8, 4) is 0 Å². The van der Waals surface area contributed by atoms with Crippen molar-refractivity contribution in [2.24, 2.45) is 0 Å². The Balaban J connectivity index is 1.95. The van der Waals surface area contributed by atoms with E-state index >= 15 is 0 Å². The van der Waals surface area contributed by atoms with Crippen LogP contribution in [0, 0.1) is 0 Å². The first kappa shape index (κ1) is 21.5. The number of hydrogen-bond acceptors (Lipinski definition) is 2. The molecule has 0 saturated heterocycles. The molecule has 2 nitrogen and oxygen atoms in total. The summed E-state index contributed by atoms with van der Waals surface area (Å²) in [6.45, 7) is 6.49. The molecule has 29 heavy (non-hydrogen) atoms. The van der Waals surface area contributed by atoms with Crippen LogP contribution < -0.4 is 5.32 Å². The average Bonchev–Trinajstić information content (AvgIpc) is 2.69. The van der Waals surface area contributed by atoms with Crippen molar-refractivity contribution in [1.29, 1.82) is 0 Å². The van der Waals surface area contributed by atoms with Crippen molar-refractivity contribution >= 4 is 49.0 Å². The number of hydrogen-bond donors (Lipinski definition) is 1. The van der Waals surface area contributed by atoms with Crippen molar-refractivity contribution in [3.05, 3.63) is 105 Å². The Labute approximate surface area is 189 Å². The molecule has 0 aliphatic heterocycles. The van der Waals surface area contributed by atoms with Crippen molar-refractivity contribution in [3.63, 3.8) is 0 Å². The fraction of sp³-hybridized carbons (Fsp3) is 0.160. The highest BCUT2D eigenvalue weighted by atomic mass is 79.9. The number of ketones is 1. The number of rotatable bonds is 5. The molecule has 0 aromatic heterocycles. The molecule has 0 atom stereocenters. The monoisotopic (exact) mass is 511 g/mol. The summed E-state index contributed by atoms with van der Waals surface area (Å²) in [6.07, 6.45) is 1.66. The molecular formula is C25H23Br2NO. The highest BCUT2D eigenvalue weighted by molar-refractivity contribution is 9.11. The molecular weight excluding hydrogens is 490 g/mol. The van der Waals surface area contributed by atoms with Gasteiger partial charge in [0.2, 0.25) is 0 Å². The Bertz CT molecular complexity index is 1030. The molecule has 4 heteroatoms. The fourth-order valence-corrected chi connectivity index (χ4v) is 4.04. The minimum absolute atomic E-state index is 0.0370. The first-order valence-corrected chi connectivity index (χ1v) is 11.0. The van der Waals surface area contributed by atoms with Crippen molar-refractivity contribution in [2.75, 3.05) is 5.32 Å². The zero-order valence-corrected chi connectivity index (χ0v) is 19.8. The molecule has 0 aliphatic rings. The van der Waals surface area contributed by atoms with Gasteiger partial charge in [-0.2, -0.15) is 0 Å². The minimum Gasteiger partial charge on any atom is -0.354 e. The maximum atomic E-state index is 13.0. The lowest BCUT2D eigenvalue weighted by Gasteiger charge is -2.19. The van der Waals surface area contributed by atoms with Crippen molar-refractivity contribution < 1.29 is 4.79 Å². The van der Waals surface area contributed by atoms with Gasteiger partial charge in [0.1, 0.15) is 0 Å². The first-order chi connectivity index (χ1) is 13.7. The van der Waals surface area contributed by atoms with Crippen LogP contribution in [0.1, 0.15) is 42.3 Å².